The van der Waals surface area contributed by atoms with Crippen molar-refractivity contribution >= 4 is 39.2 Å². The first-order valence-corrected chi connectivity index (χ1v) is 23.3. The fourth-order valence-corrected chi connectivity index (χ4v) is 7.27. The Morgan fingerprint density at radius 1 is 0.652 bits per heavy atom. The molecule has 0 aliphatic rings. The number of rotatable bonds is 14. The Kier molecular flexibility index (Phi) is 13.4. The zero-order chi connectivity index (χ0) is 34.3. The molecule has 3 aromatic carbocycles. The normalized spacial score (nSPS) is 14.6. The van der Waals surface area contributed by atoms with Gasteiger partial charge in [-0.15, -0.1) is 0 Å². The van der Waals surface area contributed by atoms with E-state index in [-0.39, 0.29) is 22.1 Å². The quantitative estimate of drug-likeness (QED) is 0.121. The van der Waals surface area contributed by atoms with E-state index in [1.54, 1.807) is 0 Å². The summed E-state index contributed by atoms with van der Waals surface area (Å²) in [5.41, 5.74) is 4.61. The first kappa shape index (κ1) is 38.5. The van der Waals surface area contributed by atoms with Crippen LogP contribution in [-0.4, -0.2) is 16.6 Å². The molecule has 3 aromatic rings. The Labute approximate surface area is 295 Å². The minimum absolute atomic E-state index is 0.00807. The van der Waals surface area contributed by atoms with Crippen molar-refractivity contribution < 1.29 is 18.3 Å². The summed E-state index contributed by atoms with van der Waals surface area (Å²) in [6, 6.07) is 25.1. The van der Waals surface area contributed by atoms with E-state index in [9.17, 15) is 0 Å². The topological polar surface area (TPSA) is 36.9 Å². The van der Waals surface area contributed by atoms with Gasteiger partial charge >= 0.3 is 0 Å². The van der Waals surface area contributed by atoms with Crippen molar-refractivity contribution in [1.29, 1.82) is 0 Å². The summed E-state index contributed by atoms with van der Waals surface area (Å²) in [7, 11) is -3.72. The van der Waals surface area contributed by atoms with Crippen LogP contribution in [0, 0.1) is 5.92 Å². The average Bonchev–Trinajstić information content (AvgIpc) is 2.96. The molecule has 0 radical (unpaired) electrons. The Hall–Kier alpha value is -1.92. The molecule has 0 bridgehead atoms. The number of hydrogen-bond donors (Lipinski definition) is 0. The lowest BCUT2D eigenvalue weighted by Gasteiger charge is -2.40. The maximum Gasteiger partial charge on any atom is 0.192 e. The molecule has 0 saturated carbocycles. The Bertz CT molecular complexity index is 1400. The van der Waals surface area contributed by atoms with Gasteiger partial charge in [-0.2, -0.15) is 0 Å². The molecule has 0 amide bonds. The lowest BCUT2D eigenvalue weighted by Crippen LogP contribution is -2.42. The van der Waals surface area contributed by atoms with E-state index < -0.39 is 16.6 Å². The third-order valence-electron chi connectivity index (χ3n) is 9.57. The van der Waals surface area contributed by atoms with Crippen LogP contribution < -0.4 is 9.47 Å². The minimum atomic E-state index is -1.96. The standard InChI is InChI=1S/C39H57IO4Si2/c1-29(25-30(2)40)37(44-46(11,12)39(6,7)8)34-19-23-36(24-20-34)42-27-32-15-13-31(14-16-32)26-41-35-21-17-33(18-22-35)28-43-45(9,10)38(3,4)5/h13-25,29,37H,26-28H2,1-12H3/b30-25+/t29-,37-/m0/s1. The second kappa shape index (κ2) is 16.0. The molecule has 7 heteroatoms. The molecule has 2 atom stereocenters. The summed E-state index contributed by atoms with van der Waals surface area (Å²) in [5, 5.41) is 0.350. The van der Waals surface area contributed by atoms with E-state index in [2.05, 4.69) is 171 Å². The molecule has 252 valence electrons. The number of ether oxygens (including phenoxy) is 2. The first-order valence-electron chi connectivity index (χ1n) is 16.5. The number of halogens is 1. The summed E-state index contributed by atoms with van der Waals surface area (Å²) in [5.74, 6) is 1.99. The molecule has 0 aromatic heterocycles. The molecule has 0 spiro atoms. The maximum absolute atomic E-state index is 6.95. The molecule has 46 heavy (non-hydrogen) atoms. The van der Waals surface area contributed by atoms with Gasteiger partial charge in [-0.05, 0) is 116 Å². The molecule has 3 rings (SSSR count). The SMILES string of the molecule is C/C(I)=C\[C@H](C)[C@H](O[Si](C)(C)C(C)(C)C)c1ccc(OCc2ccc(COc3ccc(CO[Si](C)(C)C(C)(C)C)cc3)cc2)cc1. The third kappa shape index (κ3) is 11.4. The molecule has 0 heterocycles. The van der Waals surface area contributed by atoms with Gasteiger partial charge in [0.15, 0.2) is 16.6 Å². The van der Waals surface area contributed by atoms with Crippen LogP contribution in [0.1, 0.15) is 83.7 Å². The van der Waals surface area contributed by atoms with E-state index in [1.165, 1.54) is 14.7 Å². The van der Waals surface area contributed by atoms with Crippen molar-refractivity contribution in [1.82, 2.24) is 0 Å². The van der Waals surface area contributed by atoms with Crippen LogP contribution >= 0.6 is 22.6 Å². The van der Waals surface area contributed by atoms with Gasteiger partial charge in [-0.1, -0.05) is 103 Å². The van der Waals surface area contributed by atoms with Gasteiger partial charge in [-0.25, -0.2) is 0 Å². The summed E-state index contributed by atoms with van der Waals surface area (Å²) in [6.45, 7) is 29.0. The van der Waals surface area contributed by atoms with E-state index in [0.717, 1.165) is 22.6 Å². The van der Waals surface area contributed by atoms with Gasteiger partial charge in [0.1, 0.15) is 24.7 Å². The van der Waals surface area contributed by atoms with Crippen LogP contribution in [0.15, 0.2) is 82.5 Å². The monoisotopic (exact) mass is 772 g/mol. The minimum Gasteiger partial charge on any atom is -0.489 e. The van der Waals surface area contributed by atoms with Gasteiger partial charge in [0.05, 0.1) is 12.7 Å². The average molecular weight is 773 g/mol. The Balaban J connectivity index is 1.54. The van der Waals surface area contributed by atoms with Crippen LogP contribution in [0.4, 0.5) is 0 Å². The lowest BCUT2D eigenvalue weighted by molar-refractivity contribution is 0.147. The van der Waals surface area contributed by atoms with Gasteiger partial charge in [0.2, 0.25) is 0 Å². The number of allylic oxidation sites excluding steroid dienone is 1. The fourth-order valence-electron chi connectivity index (χ4n) is 4.40. The highest BCUT2D eigenvalue weighted by molar-refractivity contribution is 14.1. The van der Waals surface area contributed by atoms with Crippen LogP contribution in [0.2, 0.25) is 36.3 Å². The highest BCUT2D eigenvalue weighted by Crippen LogP contribution is 2.42. The predicted octanol–water partition coefficient (Wildman–Crippen LogP) is 12.4. The molecule has 0 saturated heterocycles. The van der Waals surface area contributed by atoms with Crippen LogP contribution in [0.5, 0.6) is 11.5 Å². The van der Waals surface area contributed by atoms with Crippen molar-refractivity contribution in [2.24, 2.45) is 5.92 Å². The molecule has 0 N–H and O–H groups in total. The van der Waals surface area contributed by atoms with E-state index >= 15 is 0 Å². The van der Waals surface area contributed by atoms with Gasteiger partial charge in [0, 0.05) is 5.92 Å². The fraction of sp³-hybridized carbons (Fsp3) is 0.487. The third-order valence-corrected chi connectivity index (χ3v) is 18.9. The van der Waals surface area contributed by atoms with Crippen molar-refractivity contribution in [3.8, 4) is 11.5 Å². The van der Waals surface area contributed by atoms with E-state index in [1.807, 2.05) is 12.1 Å². The van der Waals surface area contributed by atoms with Gasteiger partial charge < -0.3 is 18.3 Å². The molecular formula is C39H57IO4Si2. The highest BCUT2D eigenvalue weighted by atomic mass is 127. The van der Waals surface area contributed by atoms with Crippen molar-refractivity contribution in [2.75, 3.05) is 0 Å². The number of hydrogen-bond acceptors (Lipinski definition) is 4. The highest BCUT2D eigenvalue weighted by Gasteiger charge is 2.40. The molecule has 0 aliphatic carbocycles. The van der Waals surface area contributed by atoms with Crippen LogP contribution in [0.25, 0.3) is 0 Å². The molecule has 0 aliphatic heterocycles. The van der Waals surface area contributed by atoms with Crippen molar-refractivity contribution in [3.63, 3.8) is 0 Å². The summed E-state index contributed by atoms with van der Waals surface area (Å²) < 4.78 is 26.8. The zero-order valence-corrected chi connectivity index (χ0v) is 34.5. The largest absolute Gasteiger partial charge is 0.489 e. The second-order valence-electron chi connectivity index (χ2n) is 15.6. The lowest BCUT2D eigenvalue weighted by atomic mass is 9.97. The number of benzene rings is 3. The summed E-state index contributed by atoms with van der Waals surface area (Å²) in [6.07, 6.45) is 2.31. The van der Waals surface area contributed by atoms with Gasteiger partial charge in [-0.3, -0.25) is 0 Å². The first-order chi connectivity index (χ1) is 21.3. The molecule has 0 fully saturated rings. The van der Waals surface area contributed by atoms with E-state index in [0.29, 0.717) is 19.8 Å². The predicted molar refractivity (Wildman–Crippen MR) is 208 cm³/mol. The maximum atomic E-state index is 6.95. The van der Waals surface area contributed by atoms with Crippen molar-refractivity contribution in [3.05, 3.63) is 105 Å². The van der Waals surface area contributed by atoms with Gasteiger partial charge in [0.25, 0.3) is 0 Å². The summed E-state index contributed by atoms with van der Waals surface area (Å²) >= 11 is 2.39. The smallest absolute Gasteiger partial charge is 0.192 e. The molecule has 4 nitrogen and oxygen atoms in total. The van der Waals surface area contributed by atoms with Crippen LogP contribution in [-0.2, 0) is 28.7 Å². The second-order valence-corrected chi connectivity index (χ2v) is 26.8. The van der Waals surface area contributed by atoms with E-state index in [4.69, 9.17) is 18.3 Å². The van der Waals surface area contributed by atoms with Crippen LogP contribution in [0.3, 0.4) is 0 Å². The summed E-state index contributed by atoms with van der Waals surface area (Å²) in [4.78, 5) is 0. The Morgan fingerprint density at radius 3 is 1.46 bits per heavy atom. The van der Waals surface area contributed by atoms with Crippen molar-refractivity contribution in [2.45, 2.75) is 118 Å². The molecular weight excluding hydrogens is 716 g/mol. The molecule has 0 unspecified atom stereocenters. The Morgan fingerprint density at radius 2 is 1.04 bits per heavy atom. The zero-order valence-electron chi connectivity index (χ0n) is 30.3.